The summed E-state index contributed by atoms with van der Waals surface area (Å²) in [6.07, 6.45) is -41.2. The molecule has 0 bridgehead atoms. The van der Waals surface area contributed by atoms with Crippen LogP contribution in [-0.2, 0) is 66.8 Å². The molecule has 0 rings (SSSR count). The van der Waals surface area contributed by atoms with Crippen molar-refractivity contribution in [2.75, 3.05) is 21.3 Å². The third kappa shape index (κ3) is 40.6. The third-order valence-electron chi connectivity index (χ3n) is 11.9. The summed E-state index contributed by atoms with van der Waals surface area (Å²) in [5.74, 6) is 0. The highest BCUT2D eigenvalue weighted by molar-refractivity contribution is 6.95. The lowest BCUT2D eigenvalue weighted by Crippen LogP contribution is -2.65. The molecule has 6 unspecified atom stereocenters. The predicted molar refractivity (Wildman–Crippen MR) is 327 cm³/mol. The van der Waals surface area contributed by atoms with Crippen LogP contribution >= 0.6 is 0 Å². The largest absolute Gasteiger partial charge is 0.669 e. The minimum absolute atomic E-state index is 0.797. The van der Waals surface area contributed by atoms with Gasteiger partial charge in [-0.05, 0) is 167 Å². The predicted octanol–water partition coefficient (Wildman–Crippen LogP) is 16.9. The van der Waals surface area contributed by atoms with Gasteiger partial charge in [-0.2, -0.15) is 79.0 Å². The summed E-state index contributed by atoms with van der Waals surface area (Å²) in [6, 6.07) is -7.29. The van der Waals surface area contributed by atoms with Gasteiger partial charge in [-0.15, -0.1) is 0 Å². The molecule has 6 atom stereocenters. The van der Waals surface area contributed by atoms with Crippen molar-refractivity contribution in [2.45, 2.75) is 243 Å². The van der Waals surface area contributed by atoms with Crippen LogP contribution in [-0.4, -0.2) is 179 Å². The van der Waals surface area contributed by atoms with Gasteiger partial charge >= 0.3 is 149 Å². The van der Waals surface area contributed by atoms with Gasteiger partial charge in [-0.1, -0.05) is 0 Å². The van der Waals surface area contributed by atoms with Crippen molar-refractivity contribution in [1.29, 1.82) is 0 Å². The molecule has 0 aromatic heterocycles. The third-order valence-corrected chi connectivity index (χ3v) is 67.8. The second-order valence-electron chi connectivity index (χ2n) is 25.4. The monoisotopic (exact) mass is 1580 g/mol. The molecule has 0 saturated carbocycles. The van der Waals surface area contributed by atoms with E-state index in [1.54, 1.807) is 65.5 Å². The first kappa shape index (κ1) is 90.1. The summed E-state index contributed by atoms with van der Waals surface area (Å²) in [7, 11) is -52.4. The minimum atomic E-state index is -5.28. The molecule has 0 saturated heterocycles. The summed E-state index contributed by atoms with van der Waals surface area (Å²) in [6.45, 7) is 28.0. The average molecular weight is 1580 g/mol. The summed E-state index contributed by atoms with van der Waals surface area (Å²) < 4.78 is 354. The summed E-state index contributed by atoms with van der Waals surface area (Å²) in [5, 5.41) is 0. The fourth-order valence-electron chi connectivity index (χ4n) is 10.0. The summed E-state index contributed by atoms with van der Waals surface area (Å²) in [5.41, 5.74) is 0. The standard InChI is InChI=1S/C41H94F18O16Si14/c1-60-89(61-2,62-3)70-82(16,17)68-80(12,13)66-78(8,9)64-77(6,7)65-79(10,11)67-81(14,15)69-84(19,31-25-37(45,46)47)72-86(21,33-27-39(51,52)53)74-88(23,35-29-41(57,58)59)75-87(22,34-28-40(54,55)56)73-85(20,32-26-38(48,49)50)71-83(18,63-76(4)5)30-24-36(42,43)44/h76H,24-35H2,1-23H3. The van der Waals surface area contributed by atoms with Crippen LogP contribution in [0.15, 0.2) is 0 Å². The number of hydrogen-bond donors (Lipinski definition) is 0. The Morgan fingerprint density at radius 2 is 0.393 bits per heavy atom. The lowest BCUT2D eigenvalue weighted by atomic mass is 10.5. The van der Waals surface area contributed by atoms with E-state index in [1.165, 1.54) is 47.5 Å². The maximum absolute atomic E-state index is 14.4. The van der Waals surface area contributed by atoms with Crippen LogP contribution in [0.1, 0.15) is 38.5 Å². The minimum Gasteiger partial charge on any atom is -0.439 e. The van der Waals surface area contributed by atoms with Crippen molar-refractivity contribution in [3.05, 3.63) is 0 Å². The molecule has 0 fully saturated rings. The van der Waals surface area contributed by atoms with E-state index < -0.39 is 233 Å². The Labute approximate surface area is 528 Å². The Kier molecular flexibility index (Phi) is 32.8. The molecule has 48 heteroatoms. The van der Waals surface area contributed by atoms with E-state index >= 15 is 0 Å². The average Bonchev–Trinajstić information content (AvgIpc) is 3.42. The highest BCUT2D eigenvalue weighted by Gasteiger charge is 2.60. The van der Waals surface area contributed by atoms with E-state index in [1.807, 2.05) is 0 Å². The molecule has 0 heterocycles. The van der Waals surface area contributed by atoms with Gasteiger partial charge in [0.25, 0.3) is 0 Å². The van der Waals surface area contributed by atoms with Crippen LogP contribution in [0.4, 0.5) is 79.0 Å². The first-order chi connectivity index (χ1) is 38.8. The molecule has 0 aromatic carbocycles. The van der Waals surface area contributed by atoms with Crippen molar-refractivity contribution in [2.24, 2.45) is 0 Å². The zero-order chi connectivity index (χ0) is 70.9. The Hall–Kier alpha value is 1.14. The Morgan fingerprint density at radius 1 is 0.236 bits per heavy atom. The van der Waals surface area contributed by atoms with Gasteiger partial charge < -0.3 is 66.8 Å². The number of alkyl halides is 18. The second-order valence-corrected chi connectivity index (χ2v) is 73.9. The first-order valence-electron chi connectivity index (χ1n) is 28.0. The highest BCUT2D eigenvalue weighted by atomic mass is 28.5. The molecule has 0 amide bonds. The molecule has 16 nitrogen and oxygen atoms in total. The topological polar surface area (TPSA) is 148 Å². The van der Waals surface area contributed by atoms with E-state index in [4.69, 9.17) is 66.8 Å². The van der Waals surface area contributed by atoms with Crippen LogP contribution in [0.3, 0.4) is 0 Å². The van der Waals surface area contributed by atoms with Crippen LogP contribution in [0.2, 0.25) is 167 Å². The fourth-order valence-corrected chi connectivity index (χ4v) is 80.0. The van der Waals surface area contributed by atoms with Gasteiger partial charge in [0.1, 0.15) is 0 Å². The van der Waals surface area contributed by atoms with Crippen molar-refractivity contribution < 1.29 is 146 Å². The maximum Gasteiger partial charge on any atom is 0.669 e. The number of rotatable bonds is 41. The van der Waals surface area contributed by atoms with E-state index in [2.05, 4.69) is 0 Å². The van der Waals surface area contributed by atoms with E-state index in [0.29, 0.717) is 0 Å². The van der Waals surface area contributed by atoms with E-state index in [-0.39, 0.29) is 0 Å². The van der Waals surface area contributed by atoms with Crippen molar-refractivity contribution >= 4 is 121 Å². The van der Waals surface area contributed by atoms with Gasteiger partial charge in [0, 0.05) is 59.9 Å². The molecule has 0 radical (unpaired) electrons. The van der Waals surface area contributed by atoms with Gasteiger partial charge in [0.15, 0.2) is 9.04 Å². The van der Waals surface area contributed by atoms with Crippen LogP contribution in [0, 0.1) is 0 Å². The van der Waals surface area contributed by atoms with Gasteiger partial charge in [0.05, 0.1) is 0 Å². The Balaban J connectivity index is 7.97. The van der Waals surface area contributed by atoms with Crippen LogP contribution in [0.5, 0.6) is 0 Å². The maximum atomic E-state index is 14.4. The van der Waals surface area contributed by atoms with Gasteiger partial charge in [-0.25, -0.2) is 0 Å². The van der Waals surface area contributed by atoms with Crippen LogP contribution < -0.4 is 0 Å². The molecule has 536 valence electrons. The van der Waals surface area contributed by atoms with E-state index in [0.717, 1.165) is 39.3 Å². The summed E-state index contributed by atoms with van der Waals surface area (Å²) >= 11 is 0. The molecular formula is C41H94F18O16Si14. The second kappa shape index (κ2) is 32.4. The SMILES string of the molecule is CO[Si](OC)(OC)O[Si](C)(C)O[Si](C)(C)O[Si](C)(C)O[Si](C)(C)O[Si](C)(C)O[Si](C)(C)O[Si](C)(CCC(F)(F)F)O[Si](C)(CCC(F)(F)F)O[Si](C)(CCC(F)(F)F)O[Si](C)(CCC(F)(F)F)O[Si](C)(CCC(F)(F)F)O[Si](C)(CCC(F)(F)F)O[SiH](C)C. The van der Waals surface area contributed by atoms with Crippen molar-refractivity contribution in [3.8, 4) is 0 Å². The number of hydrogen-bond acceptors (Lipinski definition) is 16. The zero-order valence-corrected chi connectivity index (χ0v) is 69.1. The molecule has 0 spiro atoms. The zero-order valence-electron chi connectivity index (χ0n) is 54.9. The first-order valence-corrected chi connectivity index (χ1v) is 64.4. The number of halogens is 18. The molecular weight excluding hydrogens is 1480 g/mol. The molecule has 0 N–H and O–H groups in total. The highest BCUT2D eigenvalue weighted by Crippen LogP contribution is 2.43. The smallest absolute Gasteiger partial charge is 0.439 e. The fraction of sp³-hybridized carbons (Fsp3) is 1.00. The summed E-state index contributed by atoms with van der Waals surface area (Å²) in [4.78, 5) is 0. The molecule has 0 aliphatic heterocycles. The normalized spacial score (nSPS) is 18.9. The van der Waals surface area contributed by atoms with Crippen LogP contribution in [0.25, 0.3) is 0 Å². The molecule has 89 heavy (non-hydrogen) atoms. The lowest BCUT2D eigenvalue weighted by Gasteiger charge is -2.48. The van der Waals surface area contributed by atoms with Crippen molar-refractivity contribution in [3.63, 3.8) is 0 Å². The Bertz CT molecular complexity index is 2150. The molecule has 0 aromatic rings. The van der Waals surface area contributed by atoms with Gasteiger partial charge in [0.2, 0.25) is 0 Å². The molecule has 0 aliphatic carbocycles. The molecule has 0 aliphatic rings. The lowest BCUT2D eigenvalue weighted by molar-refractivity contribution is -0.133. The quantitative estimate of drug-likeness (QED) is 0.0422. The van der Waals surface area contributed by atoms with E-state index in [9.17, 15) is 79.0 Å². The Morgan fingerprint density at radius 3 is 0.573 bits per heavy atom. The van der Waals surface area contributed by atoms with Crippen molar-refractivity contribution in [1.82, 2.24) is 0 Å². The van der Waals surface area contributed by atoms with Gasteiger partial charge in [-0.3, -0.25) is 0 Å².